The number of nitrogens with one attached hydrogen (secondary N) is 2. The molecular formula is C19H20N6O2. The second-order valence-electron chi connectivity index (χ2n) is 6.71. The van der Waals surface area contributed by atoms with Gasteiger partial charge in [0, 0.05) is 42.1 Å². The predicted octanol–water partition coefficient (Wildman–Crippen LogP) is 2.79. The van der Waals surface area contributed by atoms with E-state index in [2.05, 4.69) is 20.7 Å². The van der Waals surface area contributed by atoms with E-state index in [1.165, 1.54) is 0 Å². The number of hydrogen-bond donors (Lipinski definition) is 2. The second-order valence-corrected chi connectivity index (χ2v) is 6.71. The fourth-order valence-corrected chi connectivity index (χ4v) is 3.11. The normalized spacial score (nSPS) is 14.0. The standard InChI is InChI=1S/C19H20N6O2/c1-12(2)25-17-13(11-22-25)8-14(10-21-17)18(26)23-15-4-3-5-16(9-15)24-7-6-20-19(24)27/h3-5,8-12H,6-7H2,1-2H3,(H,20,27)(H,23,26). The van der Waals surface area contributed by atoms with Crippen molar-refractivity contribution in [3.63, 3.8) is 0 Å². The first-order valence-corrected chi connectivity index (χ1v) is 8.83. The third-order valence-electron chi connectivity index (χ3n) is 4.46. The summed E-state index contributed by atoms with van der Waals surface area (Å²) in [5, 5.41) is 10.8. The van der Waals surface area contributed by atoms with Crippen LogP contribution in [0.2, 0.25) is 0 Å². The van der Waals surface area contributed by atoms with Crippen LogP contribution in [0.25, 0.3) is 11.0 Å². The van der Waals surface area contributed by atoms with Crippen molar-refractivity contribution in [2.24, 2.45) is 0 Å². The predicted molar refractivity (Wildman–Crippen MR) is 103 cm³/mol. The van der Waals surface area contributed by atoms with E-state index in [4.69, 9.17) is 0 Å². The highest BCUT2D eigenvalue weighted by atomic mass is 16.2. The minimum Gasteiger partial charge on any atom is -0.336 e. The van der Waals surface area contributed by atoms with Crippen molar-refractivity contribution in [2.45, 2.75) is 19.9 Å². The van der Waals surface area contributed by atoms with Crippen LogP contribution in [0.3, 0.4) is 0 Å². The molecule has 0 aliphatic carbocycles. The third-order valence-corrected chi connectivity index (χ3v) is 4.46. The fraction of sp³-hybridized carbons (Fsp3) is 0.263. The number of carbonyl (C=O) groups is 2. The van der Waals surface area contributed by atoms with Crippen LogP contribution >= 0.6 is 0 Å². The molecule has 1 saturated heterocycles. The molecule has 0 saturated carbocycles. The Hall–Kier alpha value is -3.42. The number of benzene rings is 1. The Morgan fingerprint density at radius 3 is 2.85 bits per heavy atom. The van der Waals surface area contributed by atoms with Crippen LogP contribution in [-0.2, 0) is 0 Å². The zero-order chi connectivity index (χ0) is 19.0. The maximum Gasteiger partial charge on any atom is 0.321 e. The van der Waals surface area contributed by atoms with E-state index in [9.17, 15) is 9.59 Å². The first-order chi connectivity index (χ1) is 13.0. The van der Waals surface area contributed by atoms with E-state index < -0.39 is 0 Å². The molecule has 0 bridgehead atoms. The van der Waals surface area contributed by atoms with Crippen LogP contribution in [0, 0.1) is 0 Å². The van der Waals surface area contributed by atoms with Gasteiger partial charge in [0.1, 0.15) is 0 Å². The Kier molecular flexibility index (Phi) is 4.23. The Balaban J connectivity index is 1.55. The van der Waals surface area contributed by atoms with Gasteiger partial charge in [0.2, 0.25) is 0 Å². The zero-order valence-corrected chi connectivity index (χ0v) is 15.1. The number of nitrogens with zero attached hydrogens (tertiary/aromatic N) is 4. The number of fused-ring (bicyclic) bond motifs is 1. The molecule has 0 spiro atoms. The Labute approximate surface area is 156 Å². The summed E-state index contributed by atoms with van der Waals surface area (Å²) < 4.78 is 1.82. The highest BCUT2D eigenvalue weighted by molar-refractivity contribution is 6.06. The summed E-state index contributed by atoms with van der Waals surface area (Å²) >= 11 is 0. The molecule has 3 aromatic rings. The molecule has 0 radical (unpaired) electrons. The highest BCUT2D eigenvalue weighted by Crippen LogP contribution is 2.22. The van der Waals surface area contributed by atoms with E-state index in [1.807, 2.05) is 30.7 Å². The summed E-state index contributed by atoms with van der Waals surface area (Å²) in [6, 6.07) is 9.07. The molecule has 138 valence electrons. The van der Waals surface area contributed by atoms with E-state index in [1.54, 1.807) is 35.5 Å². The number of amides is 3. The van der Waals surface area contributed by atoms with Gasteiger partial charge in [-0.15, -0.1) is 0 Å². The molecule has 8 heteroatoms. The maximum absolute atomic E-state index is 12.6. The number of hydrogen-bond acceptors (Lipinski definition) is 4. The topological polar surface area (TPSA) is 92.2 Å². The van der Waals surface area contributed by atoms with Crippen molar-refractivity contribution in [1.29, 1.82) is 0 Å². The minimum absolute atomic E-state index is 0.129. The Bertz CT molecular complexity index is 1030. The van der Waals surface area contributed by atoms with Crippen molar-refractivity contribution in [1.82, 2.24) is 20.1 Å². The number of urea groups is 1. The fourth-order valence-electron chi connectivity index (χ4n) is 3.11. The molecule has 1 fully saturated rings. The van der Waals surface area contributed by atoms with Gasteiger partial charge in [-0.1, -0.05) is 6.07 Å². The lowest BCUT2D eigenvalue weighted by molar-refractivity contribution is 0.102. The van der Waals surface area contributed by atoms with Gasteiger partial charge in [0.15, 0.2) is 5.65 Å². The largest absolute Gasteiger partial charge is 0.336 e. The molecule has 0 atom stereocenters. The summed E-state index contributed by atoms with van der Waals surface area (Å²) in [4.78, 5) is 30.5. The molecule has 3 heterocycles. The second kappa shape index (κ2) is 6.71. The van der Waals surface area contributed by atoms with Crippen molar-refractivity contribution < 1.29 is 9.59 Å². The van der Waals surface area contributed by atoms with Gasteiger partial charge in [0.25, 0.3) is 5.91 Å². The average Bonchev–Trinajstić information content (AvgIpc) is 3.27. The van der Waals surface area contributed by atoms with E-state index in [-0.39, 0.29) is 18.0 Å². The van der Waals surface area contributed by atoms with Crippen LogP contribution in [-0.4, -0.2) is 39.8 Å². The first-order valence-electron chi connectivity index (χ1n) is 8.83. The lowest BCUT2D eigenvalue weighted by atomic mass is 10.2. The molecular weight excluding hydrogens is 344 g/mol. The van der Waals surface area contributed by atoms with E-state index in [0.29, 0.717) is 24.3 Å². The number of aromatic nitrogens is 3. The van der Waals surface area contributed by atoms with Crippen LogP contribution in [0.1, 0.15) is 30.2 Å². The van der Waals surface area contributed by atoms with Gasteiger partial charge in [-0.05, 0) is 38.1 Å². The number of pyridine rings is 1. The Morgan fingerprint density at radius 2 is 2.11 bits per heavy atom. The lowest BCUT2D eigenvalue weighted by Gasteiger charge is -2.15. The minimum atomic E-state index is -0.260. The van der Waals surface area contributed by atoms with Crippen LogP contribution in [0.5, 0.6) is 0 Å². The summed E-state index contributed by atoms with van der Waals surface area (Å²) in [6.07, 6.45) is 3.27. The monoisotopic (exact) mass is 364 g/mol. The van der Waals surface area contributed by atoms with Crippen molar-refractivity contribution in [3.8, 4) is 0 Å². The number of carbonyl (C=O) groups excluding carboxylic acids is 2. The summed E-state index contributed by atoms with van der Waals surface area (Å²) in [7, 11) is 0. The van der Waals surface area contributed by atoms with Crippen molar-refractivity contribution in [2.75, 3.05) is 23.3 Å². The summed E-state index contributed by atoms with van der Waals surface area (Å²) in [6.45, 7) is 5.28. The summed E-state index contributed by atoms with van der Waals surface area (Å²) in [5.41, 5.74) is 2.57. The molecule has 2 aromatic heterocycles. The molecule has 27 heavy (non-hydrogen) atoms. The van der Waals surface area contributed by atoms with Gasteiger partial charge in [0.05, 0.1) is 11.8 Å². The highest BCUT2D eigenvalue weighted by Gasteiger charge is 2.21. The van der Waals surface area contributed by atoms with Crippen LogP contribution in [0.4, 0.5) is 16.2 Å². The van der Waals surface area contributed by atoms with Gasteiger partial charge < -0.3 is 10.6 Å². The molecule has 1 aliphatic rings. The smallest absolute Gasteiger partial charge is 0.321 e. The molecule has 8 nitrogen and oxygen atoms in total. The molecule has 1 aliphatic heterocycles. The van der Waals surface area contributed by atoms with Crippen LogP contribution < -0.4 is 15.5 Å². The van der Waals surface area contributed by atoms with Crippen LogP contribution in [0.15, 0.2) is 42.7 Å². The van der Waals surface area contributed by atoms with Gasteiger partial charge in [-0.3, -0.25) is 9.69 Å². The number of anilines is 2. The molecule has 2 N–H and O–H groups in total. The lowest BCUT2D eigenvalue weighted by Crippen LogP contribution is -2.27. The quantitative estimate of drug-likeness (QED) is 0.745. The average molecular weight is 364 g/mol. The van der Waals surface area contributed by atoms with Crippen molar-refractivity contribution >= 4 is 34.3 Å². The molecule has 1 aromatic carbocycles. The zero-order valence-electron chi connectivity index (χ0n) is 15.1. The van der Waals surface area contributed by atoms with Crippen molar-refractivity contribution in [3.05, 3.63) is 48.3 Å². The van der Waals surface area contributed by atoms with E-state index in [0.717, 1.165) is 16.7 Å². The van der Waals surface area contributed by atoms with Gasteiger partial charge in [-0.2, -0.15) is 5.10 Å². The SMILES string of the molecule is CC(C)n1ncc2cc(C(=O)Nc3cccc(N4CCNC4=O)c3)cnc21. The van der Waals surface area contributed by atoms with E-state index >= 15 is 0 Å². The number of rotatable bonds is 4. The third kappa shape index (κ3) is 3.21. The maximum atomic E-state index is 12.6. The summed E-state index contributed by atoms with van der Waals surface area (Å²) in [5.74, 6) is -0.260. The Morgan fingerprint density at radius 1 is 1.26 bits per heavy atom. The molecule has 4 rings (SSSR count). The van der Waals surface area contributed by atoms with Gasteiger partial charge >= 0.3 is 6.03 Å². The van der Waals surface area contributed by atoms with Gasteiger partial charge in [-0.25, -0.2) is 14.5 Å². The molecule has 3 amide bonds. The molecule has 0 unspecified atom stereocenters. The first kappa shape index (κ1) is 17.0.